The highest BCUT2D eigenvalue weighted by Crippen LogP contribution is 2.31. The smallest absolute Gasteiger partial charge is 0.248 e. The number of nitrogens with one attached hydrogen (secondary N) is 1. The van der Waals surface area contributed by atoms with E-state index >= 15 is 0 Å². The fraction of sp³-hybridized carbons (Fsp3) is 0.0833. The lowest BCUT2D eigenvalue weighted by atomic mass is 10.0. The first-order valence-corrected chi connectivity index (χ1v) is 10.0. The van der Waals surface area contributed by atoms with E-state index in [4.69, 9.17) is 22.1 Å². The second kappa shape index (κ2) is 8.92. The number of hydrogen-bond acceptors (Lipinski definition) is 6. The number of primary amides is 1. The van der Waals surface area contributed by atoms with Gasteiger partial charge < -0.3 is 15.8 Å². The number of carbonyl (C=O) groups is 1. The summed E-state index contributed by atoms with van der Waals surface area (Å²) in [6.07, 6.45) is 0. The predicted molar refractivity (Wildman–Crippen MR) is 124 cm³/mol. The van der Waals surface area contributed by atoms with Crippen molar-refractivity contribution < 1.29 is 9.53 Å². The Kier molecular flexibility index (Phi) is 5.88. The molecule has 1 heterocycles. The number of nitrogens with zero attached hydrogens (tertiary/aromatic N) is 3. The number of nitrogens with two attached hydrogens (primary N) is 1. The van der Waals surface area contributed by atoms with Crippen LogP contribution < -0.4 is 15.8 Å². The summed E-state index contributed by atoms with van der Waals surface area (Å²) in [5.74, 6) is 0.650. The molecule has 0 aliphatic rings. The highest BCUT2D eigenvalue weighted by Gasteiger charge is 2.13. The van der Waals surface area contributed by atoms with Gasteiger partial charge in [-0.05, 0) is 42.0 Å². The minimum absolute atomic E-state index is 0.411. The first-order chi connectivity index (χ1) is 15.5. The van der Waals surface area contributed by atoms with Gasteiger partial charge in [0.1, 0.15) is 11.4 Å². The summed E-state index contributed by atoms with van der Waals surface area (Å²) in [7, 11) is 1.57. The van der Waals surface area contributed by atoms with Gasteiger partial charge in [0.25, 0.3) is 0 Å². The third-order valence-electron chi connectivity index (χ3n) is 5.03. The lowest BCUT2D eigenvalue weighted by Gasteiger charge is -2.12. The maximum Gasteiger partial charge on any atom is 0.248 e. The number of ether oxygens (including phenoxy) is 1. The van der Waals surface area contributed by atoms with Crippen LogP contribution >= 0.6 is 11.6 Å². The molecule has 0 saturated carbocycles. The lowest BCUT2D eigenvalue weighted by Crippen LogP contribution is -2.10. The van der Waals surface area contributed by atoms with Crippen molar-refractivity contribution in [2.75, 3.05) is 12.4 Å². The second-order valence-electron chi connectivity index (χ2n) is 7.03. The van der Waals surface area contributed by atoms with Crippen LogP contribution in [0.1, 0.15) is 21.5 Å². The van der Waals surface area contributed by atoms with Crippen molar-refractivity contribution in [3.05, 3.63) is 82.4 Å². The van der Waals surface area contributed by atoms with Gasteiger partial charge in [-0.1, -0.05) is 35.9 Å². The van der Waals surface area contributed by atoms with Gasteiger partial charge in [0.15, 0.2) is 5.82 Å². The number of hydrogen-bond donors (Lipinski definition) is 2. The summed E-state index contributed by atoms with van der Waals surface area (Å²) in [4.78, 5) is 11.4. The molecule has 0 spiro atoms. The molecule has 158 valence electrons. The van der Waals surface area contributed by atoms with Crippen molar-refractivity contribution in [3.63, 3.8) is 0 Å². The second-order valence-corrected chi connectivity index (χ2v) is 7.44. The summed E-state index contributed by atoms with van der Waals surface area (Å²) in [6.45, 7) is 0.455. The number of fused-ring (bicyclic) bond motifs is 1. The number of benzene rings is 3. The molecule has 7 nitrogen and oxygen atoms in total. The SMILES string of the molecule is COc1ccc(CNc2nnc(-c3ccc(C(N)=O)cc3)c3ccc(C#N)cc23)cc1Cl. The lowest BCUT2D eigenvalue weighted by molar-refractivity contribution is 0.100. The number of anilines is 1. The molecule has 3 aromatic carbocycles. The number of rotatable bonds is 6. The average Bonchev–Trinajstić information content (AvgIpc) is 2.82. The van der Waals surface area contributed by atoms with E-state index in [1.54, 1.807) is 49.6 Å². The Hall–Kier alpha value is -4.15. The van der Waals surface area contributed by atoms with Gasteiger partial charge in [-0.3, -0.25) is 4.79 Å². The van der Waals surface area contributed by atoms with Gasteiger partial charge in [0, 0.05) is 28.4 Å². The van der Waals surface area contributed by atoms with Crippen molar-refractivity contribution in [3.8, 4) is 23.1 Å². The van der Waals surface area contributed by atoms with E-state index in [0.717, 1.165) is 21.9 Å². The topological polar surface area (TPSA) is 114 Å². The number of methoxy groups -OCH3 is 1. The quantitative estimate of drug-likeness (QED) is 0.452. The molecular formula is C24H18ClN5O2. The zero-order valence-corrected chi connectivity index (χ0v) is 17.8. The molecule has 1 amide bonds. The van der Waals surface area contributed by atoms with Crippen molar-refractivity contribution in [2.24, 2.45) is 5.73 Å². The van der Waals surface area contributed by atoms with Gasteiger partial charge in [-0.2, -0.15) is 5.26 Å². The van der Waals surface area contributed by atoms with Gasteiger partial charge in [0.2, 0.25) is 5.91 Å². The van der Waals surface area contributed by atoms with Crippen LogP contribution in [0.25, 0.3) is 22.0 Å². The Morgan fingerprint density at radius 1 is 1.09 bits per heavy atom. The summed E-state index contributed by atoms with van der Waals surface area (Å²) >= 11 is 6.22. The van der Waals surface area contributed by atoms with Crippen LogP contribution in [0.5, 0.6) is 5.75 Å². The minimum atomic E-state index is -0.496. The average molecular weight is 444 g/mol. The fourth-order valence-corrected chi connectivity index (χ4v) is 3.65. The molecule has 0 saturated heterocycles. The highest BCUT2D eigenvalue weighted by atomic mass is 35.5. The summed E-state index contributed by atoms with van der Waals surface area (Å²) in [5.41, 5.74) is 8.61. The van der Waals surface area contributed by atoms with Crippen molar-refractivity contribution in [1.29, 1.82) is 5.26 Å². The summed E-state index contributed by atoms with van der Waals surface area (Å²) in [5, 5.41) is 23.5. The molecule has 32 heavy (non-hydrogen) atoms. The molecule has 3 N–H and O–H groups in total. The monoisotopic (exact) mass is 443 g/mol. The van der Waals surface area contributed by atoms with E-state index in [-0.39, 0.29) is 0 Å². The number of carbonyl (C=O) groups excluding carboxylic acids is 1. The summed E-state index contributed by atoms with van der Waals surface area (Å²) < 4.78 is 5.19. The maximum atomic E-state index is 11.4. The zero-order valence-electron chi connectivity index (χ0n) is 17.1. The third kappa shape index (κ3) is 4.17. The van der Waals surface area contributed by atoms with Crippen LogP contribution in [0.3, 0.4) is 0 Å². The number of nitriles is 1. The molecule has 0 atom stereocenters. The van der Waals surface area contributed by atoms with E-state index in [1.165, 1.54) is 0 Å². The minimum Gasteiger partial charge on any atom is -0.495 e. The molecule has 0 unspecified atom stereocenters. The van der Waals surface area contributed by atoms with Crippen LogP contribution in [-0.2, 0) is 6.54 Å². The van der Waals surface area contributed by atoms with E-state index in [2.05, 4.69) is 21.6 Å². The summed E-state index contributed by atoms with van der Waals surface area (Å²) in [6, 6.07) is 19.9. The first kappa shape index (κ1) is 21.1. The predicted octanol–water partition coefficient (Wildman–Crippen LogP) is 4.54. The van der Waals surface area contributed by atoms with Crippen LogP contribution in [0, 0.1) is 11.3 Å². The Morgan fingerprint density at radius 2 is 1.88 bits per heavy atom. The number of halogens is 1. The first-order valence-electron chi connectivity index (χ1n) is 9.67. The molecule has 0 aliphatic carbocycles. The van der Waals surface area contributed by atoms with E-state index in [9.17, 15) is 10.1 Å². The molecule has 0 aliphatic heterocycles. The van der Waals surface area contributed by atoms with Crippen molar-refractivity contribution in [2.45, 2.75) is 6.54 Å². The van der Waals surface area contributed by atoms with Gasteiger partial charge in [-0.25, -0.2) is 0 Å². The highest BCUT2D eigenvalue weighted by molar-refractivity contribution is 6.32. The Bertz CT molecular complexity index is 1360. The molecule has 4 aromatic rings. The van der Waals surface area contributed by atoms with Crippen molar-refractivity contribution in [1.82, 2.24) is 10.2 Å². The molecular weight excluding hydrogens is 426 g/mol. The Morgan fingerprint density at radius 3 is 2.53 bits per heavy atom. The maximum absolute atomic E-state index is 11.4. The fourth-order valence-electron chi connectivity index (χ4n) is 3.37. The molecule has 0 radical (unpaired) electrons. The third-order valence-corrected chi connectivity index (χ3v) is 5.32. The molecule has 8 heteroatoms. The van der Waals surface area contributed by atoms with E-state index < -0.39 is 5.91 Å². The van der Waals surface area contributed by atoms with Crippen molar-refractivity contribution >= 4 is 34.1 Å². The largest absolute Gasteiger partial charge is 0.495 e. The molecule has 1 aromatic heterocycles. The Balaban J connectivity index is 1.72. The standard InChI is InChI=1S/C24H18ClN5O2/c1-32-21-9-3-15(11-20(21)25)13-28-24-19-10-14(12-26)2-8-18(19)22(29-30-24)16-4-6-17(7-5-16)23(27)31/h2-11H,13H2,1H3,(H2,27,31)(H,28,30). The zero-order chi connectivity index (χ0) is 22.7. The Labute approximate surface area is 189 Å². The molecule has 0 fully saturated rings. The van der Waals surface area contributed by atoms with Crippen LogP contribution in [0.2, 0.25) is 5.02 Å². The van der Waals surface area contributed by atoms with Gasteiger partial charge >= 0.3 is 0 Å². The van der Waals surface area contributed by atoms with Gasteiger partial charge in [-0.15, -0.1) is 10.2 Å². The van der Waals surface area contributed by atoms with Crippen LogP contribution in [-0.4, -0.2) is 23.2 Å². The normalized spacial score (nSPS) is 10.5. The number of amides is 1. The van der Waals surface area contributed by atoms with E-state index in [1.807, 2.05) is 18.2 Å². The molecule has 0 bridgehead atoms. The van der Waals surface area contributed by atoms with Gasteiger partial charge in [0.05, 0.1) is 23.8 Å². The van der Waals surface area contributed by atoms with Crippen LogP contribution in [0.15, 0.2) is 60.7 Å². The van der Waals surface area contributed by atoms with E-state index in [0.29, 0.717) is 40.0 Å². The number of aromatic nitrogens is 2. The van der Waals surface area contributed by atoms with Crippen LogP contribution in [0.4, 0.5) is 5.82 Å². The molecule has 4 rings (SSSR count).